The van der Waals surface area contributed by atoms with Gasteiger partial charge in [0.2, 0.25) is 5.95 Å². The number of amides is 1. The van der Waals surface area contributed by atoms with Crippen molar-refractivity contribution in [3.8, 4) is 0 Å². The molecule has 26 heavy (non-hydrogen) atoms. The summed E-state index contributed by atoms with van der Waals surface area (Å²) in [5, 5.41) is 6.80. The monoisotopic (exact) mass is 387 g/mol. The van der Waals surface area contributed by atoms with Gasteiger partial charge in [0.25, 0.3) is 5.91 Å². The fourth-order valence-electron chi connectivity index (χ4n) is 2.23. The lowest BCUT2D eigenvalue weighted by Gasteiger charge is -2.10. The molecule has 132 valence electrons. The molecule has 6 nitrogen and oxygen atoms in total. The molecule has 3 rings (SSSR count). The highest BCUT2D eigenvalue weighted by Gasteiger charge is 2.12. The molecule has 0 spiro atoms. The molecule has 0 saturated heterocycles. The fraction of sp³-hybridized carbons (Fsp3) is 0.111. The van der Waals surface area contributed by atoms with Gasteiger partial charge >= 0.3 is 0 Å². The van der Waals surface area contributed by atoms with E-state index in [1.54, 1.807) is 43.6 Å². The number of nitrogens with one attached hydrogen (secondary N) is 2. The Hall–Kier alpha value is -2.70. The lowest BCUT2D eigenvalue weighted by molar-refractivity contribution is 0.0945. The fourth-order valence-corrected chi connectivity index (χ4v) is 2.68. The summed E-state index contributed by atoms with van der Waals surface area (Å²) in [5.74, 6) is -0.0131. The summed E-state index contributed by atoms with van der Waals surface area (Å²) in [7, 11) is 0. The van der Waals surface area contributed by atoms with Crippen LogP contribution in [0.2, 0.25) is 10.0 Å². The standard InChI is InChI=1S/C18H15Cl2N5O/c1-11-8-16(17(26)22-10-12-4-6-21-7-5-12)25-18(23-11)24-15-3-2-13(19)9-14(15)20/h2-9H,10H2,1H3,(H,22,26)(H,23,24,25). The number of anilines is 2. The van der Waals surface area contributed by atoms with Gasteiger partial charge in [-0.15, -0.1) is 0 Å². The van der Waals surface area contributed by atoms with E-state index in [0.29, 0.717) is 28.0 Å². The van der Waals surface area contributed by atoms with E-state index in [1.165, 1.54) is 0 Å². The van der Waals surface area contributed by atoms with Crippen molar-refractivity contribution in [1.29, 1.82) is 0 Å². The van der Waals surface area contributed by atoms with Gasteiger partial charge in [-0.05, 0) is 48.9 Å². The second kappa shape index (κ2) is 8.12. The van der Waals surface area contributed by atoms with Crippen molar-refractivity contribution in [2.24, 2.45) is 0 Å². The predicted molar refractivity (Wildman–Crippen MR) is 102 cm³/mol. The van der Waals surface area contributed by atoms with Crippen LogP contribution in [-0.4, -0.2) is 20.9 Å². The number of aryl methyl sites for hydroxylation is 1. The number of hydrogen-bond acceptors (Lipinski definition) is 5. The number of carbonyl (C=O) groups is 1. The second-order valence-corrected chi connectivity index (χ2v) is 6.35. The molecule has 0 saturated carbocycles. The number of benzene rings is 1. The quantitative estimate of drug-likeness (QED) is 0.686. The summed E-state index contributed by atoms with van der Waals surface area (Å²) >= 11 is 12.0. The van der Waals surface area contributed by atoms with Gasteiger partial charge < -0.3 is 10.6 Å². The van der Waals surface area contributed by atoms with Crippen molar-refractivity contribution < 1.29 is 4.79 Å². The first-order chi connectivity index (χ1) is 12.5. The van der Waals surface area contributed by atoms with E-state index in [0.717, 1.165) is 5.56 Å². The average molecular weight is 388 g/mol. The van der Waals surface area contributed by atoms with Crippen molar-refractivity contribution in [2.75, 3.05) is 5.32 Å². The average Bonchev–Trinajstić information content (AvgIpc) is 2.62. The summed E-state index contributed by atoms with van der Waals surface area (Å²) < 4.78 is 0. The van der Waals surface area contributed by atoms with Crippen LogP contribution in [0.1, 0.15) is 21.7 Å². The van der Waals surface area contributed by atoms with Crippen molar-refractivity contribution in [2.45, 2.75) is 13.5 Å². The predicted octanol–water partition coefficient (Wildman–Crippen LogP) is 4.16. The molecule has 2 heterocycles. The van der Waals surface area contributed by atoms with E-state index >= 15 is 0 Å². The van der Waals surface area contributed by atoms with Crippen LogP contribution in [0.15, 0.2) is 48.8 Å². The van der Waals surface area contributed by atoms with Crippen molar-refractivity contribution in [3.05, 3.63) is 75.8 Å². The topological polar surface area (TPSA) is 79.8 Å². The lowest BCUT2D eigenvalue weighted by atomic mass is 10.2. The maximum Gasteiger partial charge on any atom is 0.270 e. The number of rotatable bonds is 5. The molecule has 1 aromatic carbocycles. The number of hydrogen-bond donors (Lipinski definition) is 2. The maximum absolute atomic E-state index is 12.4. The normalized spacial score (nSPS) is 10.4. The van der Waals surface area contributed by atoms with Crippen LogP contribution < -0.4 is 10.6 Å². The van der Waals surface area contributed by atoms with E-state index in [4.69, 9.17) is 23.2 Å². The molecule has 2 N–H and O–H groups in total. The van der Waals surface area contributed by atoms with Gasteiger partial charge in [0.15, 0.2) is 0 Å². The van der Waals surface area contributed by atoms with Crippen LogP contribution in [0, 0.1) is 6.92 Å². The molecule has 0 unspecified atom stereocenters. The third-order valence-corrected chi connectivity index (χ3v) is 4.01. The van der Waals surface area contributed by atoms with Gasteiger partial charge in [-0.2, -0.15) is 0 Å². The molecule has 2 aromatic heterocycles. The first-order valence-corrected chi connectivity index (χ1v) is 8.52. The smallest absolute Gasteiger partial charge is 0.270 e. The molecule has 0 fully saturated rings. The van der Waals surface area contributed by atoms with Crippen molar-refractivity contribution in [3.63, 3.8) is 0 Å². The number of nitrogens with zero attached hydrogens (tertiary/aromatic N) is 3. The molecule has 0 aliphatic rings. The zero-order valence-electron chi connectivity index (χ0n) is 13.8. The van der Waals surface area contributed by atoms with Crippen LogP contribution in [0.3, 0.4) is 0 Å². The van der Waals surface area contributed by atoms with Crippen LogP contribution in [-0.2, 0) is 6.54 Å². The van der Waals surface area contributed by atoms with Gasteiger partial charge in [-0.1, -0.05) is 23.2 Å². The van der Waals surface area contributed by atoms with Crippen LogP contribution in [0.5, 0.6) is 0 Å². The van der Waals surface area contributed by atoms with Gasteiger partial charge in [-0.3, -0.25) is 9.78 Å². The lowest BCUT2D eigenvalue weighted by Crippen LogP contribution is -2.24. The summed E-state index contributed by atoms with van der Waals surface area (Å²) in [5.41, 5.74) is 2.47. The van der Waals surface area contributed by atoms with Crippen LogP contribution in [0.4, 0.5) is 11.6 Å². The molecule has 8 heteroatoms. The van der Waals surface area contributed by atoms with E-state index in [9.17, 15) is 4.79 Å². The van der Waals surface area contributed by atoms with Crippen molar-refractivity contribution >= 4 is 40.7 Å². The summed E-state index contributed by atoms with van der Waals surface area (Å²) in [6, 6.07) is 10.3. The molecule has 3 aromatic rings. The number of pyridine rings is 1. The van der Waals surface area contributed by atoms with E-state index in [2.05, 4.69) is 25.6 Å². The Morgan fingerprint density at radius 3 is 2.58 bits per heavy atom. The largest absolute Gasteiger partial charge is 0.347 e. The molecule has 0 radical (unpaired) electrons. The molecule has 0 aliphatic heterocycles. The Bertz CT molecular complexity index is 934. The molecule has 0 bridgehead atoms. The number of halogens is 2. The first-order valence-electron chi connectivity index (χ1n) is 7.76. The minimum absolute atomic E-state index is 0.263. The summed E-state index contributed by atoms with van der Waals surface area (Å²) in [6.07, 6.45) is 3.35. The van der Waals surface area contributed by atoms with E-state index in [1.807, 2.05) is 12.1 Å². The van der Waals surface area contributed by atoms with Gasteiger partial charge in [-0.25, -0.2) is 9.97 Å². The SMILES string of the molecule is Cc1cc(C(=O)NCc2ccncc2)nc(Nc2ccc(Cl)cc2Cl)n1. The van der Waals surface area contributed by atoms with Gasteiger partial charge in [0.05, 0.1) is 10.7 Å². The third kappa shape index (κ3) is 4.68. The summed E-state index contributed by atoms with van der Waals surface area (Å²) in [6.45, 7) is 2.17. The highest BCUT2D eigenvalue weighted by molar-refractivity contribution is 6.36. The zero-order chi connectivity index (χ0) is 18.5. The minimum atomic E-state index is -0.294. The molecular formula is C18H15Cl2N5O. The number of aromatic nitrogens is 3. The zero-order valence-corrected chi connectivity index (χ0v) is 15.3. The van der Waals surface area contributed by atoms with E-state index in [-0.39, 0.29) is 17.5 Å². The van der Waals surface area contributed by atoms with Gasteiger partial charge in [0, 0.05) is 29.7 Å². The maximum atomic E-state index is 12.4. The van der Waals surface area contributed by atoms with Crippen molar-refractivity contribution in [1.82, 2.24) is 20.3 Å². The van der Waals surface area contributed by atoms with E-state index < -0.39 is 0 Å². The molecular weight excluding hydrogens is 373 g/mol. The third-order valence-electron chi connectivity index (χ3n) is 3.47. The Labute approximate surface area is 160 Å². The summed E-state index contributed by atoms with van der Waals surface area (Å²) in [4.78, 5) is 24.9. The molecule has 0 aliphatic carbocycles. The Morgan fingerprint density at radius 1 is 1.08 bits per heavy atom. The Kier molecular flexibility index (Phi) is 5.65. The second-order valence-electron chi connectivity index (χ2n) is 5.51. The molecule has 1 amide bonds. The Morgan fingerprint density at radius 2 is 1.85 bits per heavy atom. The first kappa shape index (κ1) is 18.1. The van der Waals surface area contributed by atoms with Gasteiger partial charge in [0.1, 0.15) is 5.69 Å². The minimum Gasteiger partial charge on any atom is -0.347 e. The highest BCUT2D eigenvalue weighted by atomic mass is 35.5. The molecule has 0 atom stereocenters. The van der Waals surface area contributed by atoms with Crippen LogP contribution >= 0.6 is 23.2 Å². The van der Waals surface area contributed by atoms with Crippen LogP contribution in [0.25, 0.3) is 0 Å². The Balaban J connectivity index is 1.75. The highest BCUT2D eigenvalue weighted by Crippen LogP contribution is 2.27. The number of carbonyl (C=O) groups excluding carboxylic acids is 1.